The van der Waals surface area contributed by atoms with Crippen molar-refractivity contribution < 1.29 is 9.47 Å². The highest BCUT2D eigenvalue weighted by Gasteiger charge is 2.71. The molecule has 1 fully saturated rings. The molecule has 7 rings (SSSR count). The van der Waals surface area contributed by atoms with E-state index < -0.39 is 0 Å². The fourth-order valence-electron chi connectivity index (χ4n) is 7.11. The lowest BCUT2D eigenvalue weighted by Gasteiger charge is -2.63. The number of likely N-dealkylation sites (N-methyl/N-ethyl adjacent to an activating group) is 1. The van der Waals surface area contributed by atoms with Gasteiger partial charge in [-0.05, 0) is 56.1 Å². The summed E-state index contributed by atoms with van der Waals surface area (Å²) < 4.78 is 12.5. The fourth-order valence-corrected chi connectivity index (χ4v) is 7.11. The van der Waals surface area contributed by atoms with Gasteiger partial charge >= 0.3 is 0 Å². The number of ether oxygens (including phenoxy) is 2. The van der Waals surface area contributed by atoms with Crippen LogP contribution in [-0.4, -0.2) is 42.2 Å². The summed E-state index contributed by atoms with van der Waals surface area (Å²) in [5.74, 6) is 1.74. The van der Waals surface area contributed by atoms with Gasteiger partial charge in [0.25, 0.3) is 0 Å². The molecule has 0 saturated carbocycles. The molecule has 29 heavy (non-hydrogen) atoms. The average molecular weight is 387 g/mol. The second-order valence-electron chi connectivity index (χ2n) is 9.33. The van der Waals surface area contributed by atoms with E-state index in [2.05, 4.69) is 53.3 Å². The maximum absolute atomic E-state index is 7.51. The van der Waals surface area contributed by atoms with Crippen LogP contribution in [0.4, 0.5) is 0 Å². The molecule has 2 bridgehead atoms. The molecule has 5 nitrogen and oxygen atoms in total. The SMILES string of the molecule is COc1ccc2c3c1O[C@H]1c4[nH]c5ccccc5c4C[C@@]4(N)[C@@H](C2)N(C)CC[C@]314. The number of para-hydroxylation sites is 1. The van der Waals surface area contributed by atoms with E-state index in [4.69, 9.17) is 15.2 Å². The number of hydrogen-bond donors (Lipinski definition) is 2. The molecule has 0 amide bonds. The van der Waals surface area contributed by atoms with Crippen LogP contribution in [0.2, 0.25) is 0 Å². The van der Waals surface area contributed by atoms with E-state index in [0.29, 0.717) is 6.04 Å². The van der Waals surface area contributed by atoms with E-state index in [1.165, 1.54) is 33.3 Å². The molecule has 3 heterocycles. The minimum Gasteiger partial charge on any atom is -0.493 e. The Bertz CT molecular complexity index is 1200. The number of aromatic amines is 1. The van der Waals surface area contributed by atoms with Crippen molar-refractivity contribution >= 4 is 10.9 Å². The zero-order valence-electron chi connectivity index (χ0n) is 16.8. The van der Waals surface area contributed by atoms with Gasteiger partial charge in [0.15, 0.2) is 17.6 Å². The Labute approximate surface area is 169 Å². The van der Waals surface area contributed by atoms with Gasteiger partial charge in [-0.1, -0.05) is 24.3 Å². The number of nitrogens with two attached hydrogens (primary N) is 1. The Morgan fingerprint density at radius 1 is 1.24 bits per heavy atom. The lowest BCUT2D eigenvalue weighted by molar-refractivity contribution is -0.0453. The molecular weight excluding hydrogens is 362 g/mol. The van der Waals surface area contributed by atoms with E-state index >= 15 is 0 Å². The summed E-state index contributed by atoms with van der Waals surface area (Å²) >= 11 is 0. The van der Waals surface area contributed by atoms with Crippen molar-refractivity contribution in [3.05, 3.63) is 58.8 Å². The number of methoxy groups -OCH3 is 1. The van der Waals surface area contributed by atoms with Gasteiger partial charge in [-0.15, -0.1) is 0 Å². The molecule has 5 heteroatoms. The Hall–Kier alpha value is -2.50. The average Bonchev–Trinajstić information content (AvgIpc) is 3.26. The number of hydrogen-bond acceptors (Lipinski definition) is 4. The van der Waals surface area contributed by atoms with Gasteiger partial charge in [-0.2, -0.15) is 0 Å². The van der Waals surface area contributed by atoms with Crippen LogP contribution in [0.15, 0.2) is 36.4 Å². The third-order valence-corrected chi connectivity index (χ3v) is 8.36. The van der Waals surface area contributed by atoms with E-state index in [-0.39, 0.29) is 17.1 Å². The van der Waals surface area contributed by atoms with Crippen molar-refractivity contribution in [2.24, 2.45) is 5.73 Å². The molecule has 2 aromatic carbocycles. The van der Waals surface area contributed by atoms with Gasteiger partial charge in [0, 0.05) is 28.0 Å². The van der Waals surface area contributed by atoms with Gasteiger partial charge < -0.3 is 25.1 Å². The third-order valence-electron chi connectivity index (χ3n) is 8.36. The Morgan fingerprint density at radius 3 is 2.97 bits per heavy atom. The smallest absolute Gasteiger partial charge is 0.166 e. The molecule has 0 radical (unpaired) electrons. The molecular formula is C24H25N3O2. The molecule has 4 aliphatic rings. The number of rotatable bonds is 1. The van der Waals surface area contributed by atoms with Crippen molar-refractivity contribution in [3.8, 4) is 11.5 Å². The number of nitrogens with zero attached hydrogens (tertiary/aromatic N) is 1. The van der Waals surface area contributed by atoms with Gasteiger partial charge in [0.1, 0.15) is 0 Å². The van der Waals surface area contributed by atoms with Gasteiger partial charge in [-0.25, -0.2) is 0 Å². The number of nitrogens with one attached hydrogen (secondary N) is 1. The Kier molecular flexibility index (Phi) is 2.80. The van der Waals surface area contributed by atoms with E-state index in [0.717, 1.165) is 37.3 Å². The minimum atomic E-state index is -0.368. The molecule has 2 aliphatic heterocycles. The molecule has 1 aromatic heterocycles. The summed E-state index contributed by atoms with van der Waals surface area (Å²) in [5.41, 5.74) is 13.3. The predicted molar refractivity (Wildman–Crippen MR) is 112 cm³/mol. The van der Waals surface area contributed by atoms with Gasteiger partial charge in [-0.3, -0.25) is 0 Å². The molecule has 0 unspecified atom stereocenters. The van der Waals surface area contributed by atoms with Gasteiger partial charge in [0.2, 0.25) is 0 Å². The number of fused-ring (bicyclic) bond motifs is 4. The predicted octanol–water partition coefficient (Wildman–Crippen LogP) is 3.06. The van der Waals surface area contributed by atoms with Crippen LogP contribution in [0.3, 0.4) is 0 Å². The Morgan fingerprint density at radius 2 is 2.10 bits per heavy atom. The first-order valence-electron chi connectivity index (χ1n) is 10.5. The zero-order chi connectivity index (χ0) is 19.5. The summed E-state index contributed by atoms with van der Waals surface area (Å²) in [4.78, 5) is 6.19. The van der Waals surface area contributed by atoms with E-state index in [1.54, 1.807) is 7.11 Å². The van der Waals surface area contributed by atoms with E-state index in [1.807, 2.05) is 0 Å². The third kappa shape index (κ3) is 1.61. The highest BCUT2D eigenvalue weighted by Crippen LogP contribution is 2.68. The summed E-state index contributed by atoms with van der Waals surface area (Å²) in [5, 5.41) is 1.28. The molecule has 148 valence electrons. The number of benzene rings is 2. The highest BCUT2D eigenvalue weighted by atomic mass is 16.5. The maximum atomic E-state index is 7.51. The summed E-state index contributed by atoms with van der Waals surface area (Å²) in [6.45, 7) is 1.04. The largest absolute Gasteiger partial charge is 0.493 e. The standard InChI is InChI=1S/C24H25N3O2/c1-27-10-9-23-19-13-7-8-17(28-2)21(19)29-22(23)20-15(12-24(23,25)18(27)11-13)14-5-3-4-6-16(14)26-20/h3-8,18,22,26H,9-12,25H2,1-2H3/t18-,22+,23+,24-/m1/s1. The number of aromatic nitrogens is 1. The van der Waals surface area contributed by atoms with Crippen LogP contribution in [0, 0.1) is 0 Å². The number of piperidine rings is 1. The second-order valence-corrected chi connectivity index (χ2v) is 9.33. The molecule has 1 spiro atoms. The zero-order valence-corrected chi connectivity index (χ0v) is 16.8. The number of H-pyrrole nitrogens is 1. The normalized spacial score (nSPS) is 33.9. The second kappa shape index (κ2) is 4.97. The minimum absolute atomic E-state index is 0.0924. The van der Waals surface area contributed by atoms with Crippen molar-refractivity contribution in [1.82, 2.24) is 9.88 Å². The fraction of sp³-hybridized carbons (Fsp3) is 0.417. The molecule has 3 N–H and O–H groups in total. The van der Waals surface area contributed by atoms with Crippen molar-refractivity contribution in [2.45, 2.75) is 42.4 Å². The lowest BCUT2D eigenvalue weighted by atomic mass is 9.47. The summed E-state index contributed by atoms with van der Waals surface area (Å²) in [6.07, 6.45) is 2.75. The first kappa shape index (κ1) is 16.3. The lowest BCUT2D eigenvalue weighted by Crippen LogP contribution is -2.78. The van der Waals surface area contributed by atoms with Crippen molar-refractivity contribution in [3.63, 3.8) is 0 Å². The van der Waals surface area contributed by atoms with Crippen LogP contribution < -0.4 is 15.2 Å². The highest BCUT2D eigenvalue weighted by molar-refractivity contribution is 5.86. The Balaban J connectivity index is 1.60. The van der Waals surface area contributed by atoms with Crippen molar-refractivity contribution in [1.29, 1.82) is 0 Å². The first-order chi connectivity index (χ1) is 14.1. The molecule has 4 atom stereocenters. The van der Waals surface area contributed by atoms with E-state index in [9.17, 15) is 0 Å². The molecule has 2 aliphatic carbocycles. The monoisotopic (exact) mass is 387 g/mol. The topological polar surface area (TPSA) is 63.5 Å². The quantitative estimate of drug-likeness (QED) is 0.674. The molecule has 1 saturated heterocycles. The first-order valence-corrected chi connectivity index (χ1v) is 10.5. The van der Waals surface area contributed by atoms with Gasteiger partial charge in [0.05, 0.1) is 18.2 Å². The van der Waals surface area contributed by atoms with Crippen LogP contribution >= 0.6 is 0 Å². The summed E-state index contributed by atoms with van der Waals surface area (Å²) in [6, 6.07) is 13.2. The molecule has 3 aromatic rings. The van der Waals surface area contributed by atoms with Crippen LogP contribution in [0.1, 0.15) is 34.9 Å². The van der Waals surface area contributed by atoms with Crippen LogP contribution in [-0.2, 0) is 18.3 Å². The van der Waals surface area contributed by atoms with Crippen molar-refractivity contribution in [2.75, 3.05) is 20.7 Å². The summed E-state index contributed by atoms with van der Waals surface area (Å²) in [7, 11) is 3.96. The van der Waals surface area contributed by atoms with Crippen LogP contribution in [0.5, 0.6) is 11.5 Å². The number of likely N-dealkylation sites (tertiary alicyclic amines) is 1. The maximum Gasteiger partial charge on any atom is 0.166 e. The van der Waals surface area contributed by atoms with Crippen LogP contribution in [0.25, 0.3) is 10.9 Å².